The Morgan fingerprint density at radius 1 is 1.48 bits per heavy atom. The maximum atomic E-state index is 13.7. The third kappa shape index (κ3) is 4.02. The second-order valence-electron chi connectivity index (χ2n) is 4.87. The molecule has 0 spiro atoms. The molecule has 1 aromatic rings. The molecule has 1 unspecified atom stereocenters. The smallest absolute Gasteiger partial charge is 0.240 e. The zero-order valence-corrected chi connectivity index (χ0v) is 13.4. The normalized spacial score (nSPS) is 19.4. The fourth-order valence-electron chi connectivity index (χ4n) is 2.21. The zero-order chi connectivity index (χ0) is 15.5. The Morgan fingerprint density at radius 2 is 2.24 bits per heavy atom. The first-order chi connectivity index (χ1) is 9.94. The van der Waals surface area contributed by atoms with Crippen molar-refractivity contribution in [1.29, 1.82) is 0 Å². The lowest BCUT2D eigenvalue weighted by Crippen LogP contribution is -2.32. The van der Waals surface area contributed by atoms with Crippen LogP contribution >= 0.6 is 11.8 Å². The summed E-state index contributed by atoms with van der Waals surface area (Å²) in [6.07, 6.45) is 3.28. The SMILES string of the molecule is COc1c(N)cc(S(=O)(=O)NCC2CCCCS2)cc1F. The van der Waals surface area contributed by atoms with Crippen molar-refractivity contribution in [2.45, 2.75) is 29.4 Å². The van der Waals surface area contributed by atoms with Crippen molar-refractivity contribution >= 4 is 27.5 Å². The maximum Gasteiger partial charge on any atom is 0.240 e. The number of anilines is 1. The van der Waals surface area contributed by atoms with Gasteiger partial charge in [-0.05, 0) is 30.7 Å². The minimum atomic E-state index is -3.77. The lowest BCUT2D eigenvalue weighted by molar-refractivity contribution is 0.388. The van der Waals surface area contributed by atoms with Gasteiger partial charge in [-0.2, -0.15) is 11.8 Å². The summed E-state index contributed by atoms with van der Waals surface area (Å²) in [5.74, 6) is 0.123. The number of methoxy groups -OCH3 is 1. The Bertz CT molecular complexity index is 578. The van der Waals surface area contributed by atoms with E-state index in [-0.39, 0.29) is 21.6 Å². The Morgan fingerprint density at radius 3 is 2.81 bits per heavy atom. The summed E-state index contributed by atoms with van der Waals surface area (Å²) in [6, 6.07) is 2.13. The minimum Gasteiger partial charge on any atom is -0.492 e. The molecule has 2 rings (SSSR count). The molecule has 0 aromatic heterocycles. The number of benzene rings is 1. The van der Waals surface area contributed by atoms with Crippen molar-refractivity contribution in [2.24, 2.45) is 0 Å². The molecule has 118 valence electrons. The van der Waals surface area contributed by atoms with Gasteiger partial charge in [-0.3, -0.25) is 0 Å². The molecule has 0 saturated carbocycles. The van der Waals surface area contributed by atoms with Gasteiger partial charge < -0.3 is 10.5 Å². The number of nitrogens with one attached hydrogen (secondary N) is 1. The van der Waals surface area contributed by atoms with Gasteiger partial charge in [0.05, 0.1) is 17.7 Å². The number of nitrogen functional groups attached to an aromatic ring is 1. The highest BCUT2D eigenvalue weighted by Crippen LogP contribution is 2.29. The Balaban J connectivity index is 2.12. The van der Waals surface area contributed by atoms with Crippen LogP contribution in [0, 0.1) is 5.82 Å². The van der Waals surface area contributed by atoms with E-state index in [0.29, 0.717) is 6.54 Å². The molecule has 1 aliphatic heterocycles. The van der Waals surface area contributed by atoms with Crippen LogP contribution < -0.4 is 15.2 Å². The fourth-order valence-corrected chi connectivity index (χ4v) is 4.69. The predicted octanol–water partition coefficient (Wildman–Crippen LogP) is 1.98. The quantitative estimate of drug-likeness (QED) is 0.805. The number of nitrogens with two attached hydrogens (primary N) is 1. The van der Waals surface area contributed by atoms with E-state index in [4.69, 9.17) is 10.5 Å². The van der Waals surface area contributed by atoms with Crippen LogP contribution in [0.5, 0.6) is 5.75 Å². The number of hydrogen-bond acceptors (Lipinski definition) is 5. The van der Waals surface area contributed by atoms with Crippen molar-refractivity contribution in [2.75, 3.05) is 25.1 Å². The standard InChI is InChI=1S/C13H19FN2O3S2/c1-19-13-11(14)6-10(7-12(13)15)21(17,18)16-8-9-4-2-3-5-20-9/h6-7,9,16H,2-5,8,15H2,1H3. The van der Waals surface area contributed by atoms with Crippen LogP contribution in [0.4, 0.5) is 10.1 Å². The van der Waals surface area contributed by atoms with Crippen molar-refractivity contribution in [3.05, 3.63) is 17.9 Å². The van der Waals surface area contributed by atoms with E-state index in [0.717, 1.165) is 24.7 Å². The topological polar surface area (TPSA) is 81.4 Å². The van der Waals surface area contributed by atoms with Crippen LogP contribution in [0.2, 0.25) is 0 Å². The van der Waals surface area contributed by atoms with Gasteiger partial charge in [-0.15, -0.1) is 0 Å². The lowest BCUT2D eigenvalue weighted by Gasteiger charge is -2.21. The number of halogens is 1. The summed E-state index contributed by atoms with van der Waals surface area (Å²) in [5, 5.41) is 0.272. The van der Waals surface area contributed by atoms with E-state index in [1.54, 1.807) is 11.8 Å². The van der Waals surface area contributed by atoms with E-state index in [9.17, 15) is 12.8 Å². The van der Waals surface area contributed by atoms with E-state index in [1.165, 1.54) is 19.6 Å². The summed E-state index contributed by atoms with van der Waals surface area (Å²) >= 11 is 1.77. The average molecular weight is 334 g/mol. The van der Waals surface area contributed by atoms with Crippen LogP contribution in [0.3, 0.4) is 0 Å². The van der Waals surface area contributed by atoms with Crippen LogP contribution in [-0.4, -0.2) is 33.1 Å². The second kappa shape index (κ2) is 6.85. The summed E-state index contributed by atoms with van der Waals surface area (Å²) in [6.45, 7) is 0.348. The van der Waals surface area contributed by atoms with Gasteiger partial charge in [0.25, 0.3) is 0 Å². The molecule has 21 heavy (non-hydrogen) atoms. The monoisotopic (exact) mass is 334 g/mol. The number of ether oxygens (including phenoxy) is 1. The van der Waals surface area contributed by atoms with Gasteiger partial charge in [0.15, 0.2) is 11.6 Å². The van der Waals surface area contributed by atoms with Crippen molar-refractivity contribution in [3.8, 4) is 5.75 Å². The highest BCUT2D eigenvalue weighted by atomic mass is 32.2. The van der Waals surface area contributed by atoms with E-state index in [2.05, 4.69) is 4.72 Å². The molecular formula is C13H19FN2O3S2. The highest BCUT2D eigenvalue weighted by molar-refractivity contribution is 8.00. The summed E-state index contributed by atoms with van der Waals surface area (Å²) < 4.78 is 45.4. The van der Waals surface area contributed by atoms with Gasteiger partial charge >= 0.3 is 0 Å². The number of thioether (sulfide) groups is 1. The number of sulfonamides is 1. The summed E-state index contributed by atoms with van der Waals surface area (Å²) in [4.78, 5) is -0.181. The molecule has 0 radical (unpaired) electrons. The fraction of sp³-hybridized carbons (Fsp3) is 0.538. The lowest BCUT2D eigenvalue weighted by atomic mass is 10.2. The van der Waals surface area contributed by atoms with E-state index >= 15 is 0 Å². The third-order valence-electron chi connectivity index (χ3n) is 3.34. The third-order valence-corrected chi connectivity index (χ3v) is 6.14. The molecule has 5 nitrogen and oxygen atoms in total. The minimum absolute atomic E-state index is 0.0371. The van der Waals surface area contributed by atoms with Gasteiger partial charge in [0, 0.05) is 11.8 Å². The Labute approximate surface area is 128 Å². The van der Waals surface area contributed by atoms with Gasteiger partial charge in [0.2, 0.25) is 10.0 Å². The molecule has 0 amide bonds. The molecule has 8 heteroatoms. The molecule has 1 atom stereocenters. The summed E-state index contributed by atoms with van der Waals surface area (Å²) in [5.41, 5.74) is 5.57. The molecule has 0 bridgehead atoms. The molecular weight excluding hydrogens is 315 g/mol. The average Bonchev–Trinajstić information content (AvgIpc) is 2.46. The first kappa shape index (κ1) is 16.4. The Kier molecular flexibility index (Phi) is 5.34. The zero-order valence-electron chi connectivity index (χ0n) is 11.8. The maximum absolute atomic E-state index is 13.7. The highest BCUT2D eigenvalue weighted by Gasteiger charge is 2.21. The number of hydrogen-bond donors (Lipinski definition) is 2. The molecule has 3 N–H and O–H groups in total. The molecule has 1 aromatic carbocycles. The van der Waals surface area contributed by atoms with E-state index in [1.807, 2.05) is 0 Å². The molecule has 1 saturated heterocycles. The number of rotatable bonds is 5. The van der Waals surface area contributed by atoms with Crippen LogP contribution in [0.15, 0.2) is 17.0 Å². The second-order valence-corrected chi connectivity index (χ2v) is 8.04. The van der Waals surface area contributed by atoms with Crippen molar-refractivity contribution < 1.29 is 17.5 Å². The van der Waals surface area contributed by atoms with E-state index < -0.39 is 15.8 Å². The first-order valence-corrected chi connectivity index (χ1v) is 9.21. The van der Waals surface area contributed by atoms with Crippen LogP contribution in [0.1, 0.15) is 19.3 Å². The molecule has 1 heterocycles. The van der Waals surface area contributed by atoms with Crippen LogP contribution in [-0.2, 0) is 10.0 Å². The van der Waals surface area contributed by atoms with Crippen molar-refractivity contribution in [1.82, 2.24) is 4.72 Å². The van der Waals surface area contributed by atoms with Crippen molar-refractivity contribution in [3.63, 3.8) is 0 Å². The molecule has 1 aliphatic rings. The van der Waals surface area contributed by atoms with Gasteiger partial charge in [-0.1, -0.05) is 6.42 Å². The molecule has 1 fully saturated rings. The van der Waals surface area contributed by atoms with Crippen LogP contribution in [0.25, 0.3) is 0 Å². The predicted molar refractivity (Wildman–Crippen MR) is 82.6 cm³/mol. The molecule has 0 aliphatic carbocycles. The first-order valence-electron chi connectivity index (χ1n) is 6.68. The van der Waals surface area contributed by atoms with Gasteiger partial charge in [0.1, 0.15) is 0 Å². The largest absolute Gasteiger partial charge is 0.492 e. The summed E-state index contributed by atoms with van der Waals surface area (Å²) in [7, 11) is -2.49. The van der Waals surface area contributed by atoms with Gasteiger partial charge in [-0.25, -0.2) is 17.5 Å². The Hall–Kier alpha value is -0.990.